The van der Waals surface area contributed by atoms with Gasteiger partial charge >= 0.3 is 5.97 Å². The quantitative estimate of drug-likeness (QED) is 0.450. The Kier molecular flexibility index (Phi) is 6.51. The van der Waals surface area contributed by atoms with E-state index >= 15 is 0 Å². The summed E-state index contributed by atoms with van der Waals surface area (Å²) in [6, 6.07) is 10.8. The van der Waals surface area contributed by atoms with Crippen LogP contribution in [0.15, 0.2) is 42.5 Å². The van der Waals surface area contributed by atoms with Gasteiger partial charge in [0.2, 0.25) is 0 Å². The van der Waals surface area contributed by atoms with Gasteiger partial charge in [-0.3, -0.25) is 14.9 Å². The molecule has 0 aliphatic carbocycles. The normalized spacial score (nSPS) is 10.1. The maximum Gasteiger partial charge on any atom is 0.344 e. The van der Waals surface area contributed by atoms with E-state index in [1.807, 2.05) is 19.1 Å². The third-order valence-corrected chi connectivity index (χ3v) is 3.55. The summed E-state index contributed by atoms with van der Waals surface area (Å²) in [6.45, 7) is 0.960. The van der Waals surface area contributed by atoms with Crippen molar-refractivity contribution in [3.05, 3.63) is 63.2 Å². The summed E-state index contributed by atoms with van der Waals surface area (Å²) in [5.41, 5.74) is 0.841. The van der Waals surface area contributed by atoms with E-state index in [2.05, 4.69) is 5.32 Å². The van der Waals surface area contributed by atoms with Crippen molar-refractivity contribution in [1.82, 2.24) is 0 Å². The van der Waals surface area contributed by atoms with Crippen LogP contribution >= 0.6 is 11.6 Å². The molecule has 136 valence electrons. The van der Waals surface area contributed by atoms with Crippen LogP contribution in [0.25, 0.3) is 0 Å². The van der Waals surface area contributed by atoms with Crippen molar-refractivity contribution in [1.29, 1.82) is 0 Å². The van der Waals surface area contributed by atoms with Crippen molar-refractivity contribution in [2.75, 3.05) is 18.5 Å². The molecule has 1 N–H and O–H groups in total. The first-order valence-electron chi connectivity index (χ1n) is 7.44. The highest BCUT2D eigenvalue weighted by Crippen LogP contribution is 2.26. The topological polar surface area (TPSA) is 108 Å². The minimum atomic E-state index is -0.710. The number of para-hydroxylation sites is 1. The molecule has 0 unspecified atom stereocenters. The van der Waals surface area contributed by atoms with Crippen molar-refractivity contribution >= 4 is 34.9 Å². The van der Waals surface area contributed by atoms with E-state index in [-0.39, 0.29) is 23.0 Å². The number of aryl methyl sites for hydroxylation is 1. The summed E-state index contributed by atoms with van der Waals surface area (Å²) in [5.74, 6) is -0.797. The Balaban J connectivity index is 1.80. The minimum Gasteiger partial charge on any atom is -0.482 e. The van der Waals surface area contributed by atoms with E-state index in [0.29, 0.717) is 5.75 Å². The van der Waals surface area contributed by atoms with Gasteiger partial charge in [-0.25, -0.2) is 4.79 Å². The Morgan fingerprint density at radius 1 is 1.19 bits per heavy atom. The lowest BCUT2D eigenvalue weighted by Gasteiger charge is -2.10. The standard InChI is InChI=1S/C17H15ClN2O6/c1-11-4-2-3-5-15(11)25-10-17(22)26-9-16(21)19-14-7-6-12(20(23)24)8-13(14)18/h2-8H,9-10H2,1H3,(H,19,21). The number of benzene rings is 2. The number of esters is 1. The van der Waals surface area contributed by atoms with Crippen LogP contribution in [-0.2, 0) is 14.3 Å². The zero-order valence-corrected chi connectivity index (χ0v) is 14.5. The van der Waals surface area contributed by atoms with Crippen molar-refractivity contribution < 1.29 is 24.0 Å². The molecule has 1 amide bonds. The predicted octanol–water partition coefficient (Wildman–Crippen LogP) is 3.12. The maximum atomic E-state index is 11.8. The van der Waals surface area contributed by atoms with Crippen LogP contribution in [-0.4, -0.2) is 30.0 Å². The number of nitrogens with one attached hydrogen (secondary N) is 1. The summed E-state index contributed by atoms with van der Waals surface area (Å²) < 4.78 is 10.1. The Bertz CT molecular complexity index is 840. The molecule has 9 heteroatoms. The molecule has 0 aliphatic rings. The first-order chi connectivity index (χ1) is 12.4. The van der Waals surface area contributed by atoms with Gasteiger partial charge in [0.25, 0.3) is 11.6 Å². The molecule has 0 aromatic heterocycles. The van der Waals surface area contributed by atoms with E-state index in [1.54, 1.807) is 12.1 Å². The van der Waals surface area contributed by atoms with E-state index in [4.69, 9.17) is 21.1 Å². The molecule has 2 aromatic carbocycles. The predicted molar refractivity (Wildman–Crippen MR) is 94.4 cm³/mol. The highest BCUT2D eigenvalue weighted by molar-refractivity contribution is 6.34. The molecule has 8 nitrogen and oxygen atoms in total. The highest BCUT2D eigenvalue weighted by atomic mass is 35.5. The molecule has 2 aromatic rings. The van der Waals surface area contributed by atoms with Crippen LogP contribution in [0.3, 0.4) is 0 Å². The number of hydrogen-bond acceptors (Lipinski definition) is 6. The summed E-state index contributed by atoms with van der Waals surface area (Å²) in [6.07, 6.45) is 0. The van der Waals surface area contributed by atoms with Crippen molar-refractivity contribution in [3.63, 3.8) is 0 Å². The number of nitro benzene ring substituents is 1. The van der Waals surface area contributed by atoms with Crippen molar-refractivity contribution in [2.45, 2.75) is 6.92 Å². The average Bonchev–Trinajstić information content (AvgIpc) is 2.60. The molecule has 0 atom stereocenters. The molecule has 0 fully saturated rings. The van der Waals surface area contributed by atoms with Crippen LogP contribution in [0.4, 0.5) is 11.4 Å². The first-order valence-corrected chi connectivity index (χ1v) is 7.82. The third-order valence-electron chi connectivity index (χ3n) is 3.24. The smallest absolute Gasteiger partial charge is 0.344 e. The van der Waals surface area contributed by atoms with Gasteiger partial charge in [-0.1, -0.05) is 29.8 Å². The van der Waals surface area contributed by atoms with Gasteiger partial charge in [0.15, 0.2) is 13.2 Å². The van der Waals surface area contributed by atoms with Gasteiger partial charge in [0.1, 0.15) is 5.75 Å². The lowest BCUT2D eigenvalue weighted by molar-refractivity contribution is -0.384. The molecule has 0 saturated carbocycles. The molecular weight excluding hydrogens is 364 g/mol. The van der Waals surface area contributed by atoms with Gasteiger partial charge in [-0.15, -0.1) is 0 Å². The molecule has 0 saturated heterocycles. The number of carbonyl (C=O) groups is 2. The summed E-state index contributed by atoms with van der Waals surface area (Å²) in [7, 11) is 0. The van der Waals surface area contributed by atoms with Gasteiger partial charge in [0, 0.05) is 12.1 Å². The van der Waals surface area contributed by atoms with Gasteiger partial charge in [-0.2, -0.15) is 0 Å². The molecule has 0 radical (unpaired) electrons. The second-order valence-corrected chi connectivity index (χ2v) is 5.59. The maximum absolute atomic E-state index is 11.8. The first kappa shape index (κ1) is 19.2. The number of carbonyl (C=O) groups excluding carboxylic acids is 2. The summed E-state index contributed by atoms with van der Waals surface area (Å²) in [5, 5.41) is 13.0. The number of anilines is 1. The number of amides is 1. The van der Waals surface area contributed by atoms with Gasteiger partial charge in [0.05, 0.1) is 15.6 Å². The lowest BCUT2D eigenvalue weighted by atomic mass is 10.2. The second-order valence-electron chi connectivity index (χ2n) is 5.18. The largest absolute Gasteiger partial charge is 0.482 e. The summed E-state index contributed by atoms with van der Waals surface area (Å²) >= 11 is 5.87. The van der Waals surface area contributed by atoms with Crippen LogP contribution in [0.5, 0.6) is 5.75 Å². The van der Waals surface area contributed by atoms with Crippen molar-refractivity contribution in [2.24, 2.45) is 0 Å². The number of ether oxygens (including phenoxy) is 2. The average molecular weight is 379 g/mol. The number of hydrogen-bond donors (Lipinski definition) is 1. The fourth-order valence-electron chi connectivity index (χ4n) is 1.95. The molecule has 0 aliphatic heterocycles. The Labute approximate surface area is 153 Å². The molecular formula is C17H15ClN2O6. The monoisotopic (exact) mass is 378 g/mol. The molecule has 0 bridgehead atoms. The van der Waals surface area contributed by atoms with E-state index in [0.717, 1.165) is 11.6 Å². The molecule has 0 spiro atoms. The lowest BCUT2D eigenvalue weighted by Crippen LogP contribution is -2.23. The molecule has 2 rings (SSSR count). The van der Waals surface area contributed by atoms with E-state index in [9.17, 15) is 19.7 Å². The second kappa shape index (κ2) is 8.82. The Morgan fingerprint density at radius 3 is 2.58 bits per heavy atom. The van der Waals surface area contributed by atoms with E-state index in [1.165, 1.54) is 12.1 Å². The SMILES string of the molecule is Cc1ccccc1OCC(=O)OCC(=O)Nc1ccc([N+](=O)[O-])cc1Cl. The zero-order chi connectivity index (χ0) is 19.1. The number of nitro groups is 1. The number of halogens is 1. The minimum absolute atomic E-state index is 0.00163. The fraction of sp³-hybridized carbons (Fsp3) is 0.176. The van der Waals surface area contributed by atoms with Crippen LogP contribution in [0.1, 0.15) is 5.56 Å². The number of rotatable bonds is 7. The van der Waals surface area contributed by atoms with Crippen LogP contribution in [0, 0.1) is 17.0 Å². The van der Waals surface area contributed by atoms with Gasteiger partial charge < -0.3 is 14.8 Å². The van der Waals surface area contributed by atoms with Crippen LogP contribution < -0.4 is 10.1 Å². The number of non-ortho nitro benzene ring substituents is 1. The van der Waals surface area contributed by atoms with E-state index < -0.39 is 23.4 Å². The molecule has 0 heterocycles. The van der Waals surface area contributed by atoms with Crippen LogP contribution in [0.2, 0.25) is 5.02 Å². The van der Waals surface area contributed by atoms with Gasteiger partial charge in [-0.05, 0) is 24.6 Å². The highest BCUT2D eigenvalue weighted by Gasteiger charge is 2.13. The Hall–Kier alpha value is -3.13. The summed E-state index contributed by atoms with van der Waals surface area (Å²) in [4.78, 5) is 33.5. The fourth-order valence-corrected chi connectivity index (χ4v) is 2.17. The zero-order valence-electron chi connectivity index (χ0n) is 13.7. The van der Waals surface area contributed by atoms with Crippen molar-refractivity contribution in [3.8, 4) is 5.75 Å². The number of nitrogens with zero attached hydrogens (tertiary/aromatic N) is 1. The third kappa shape index (κ3) is 5.45. The Morgan fingerprint density at radius 2 is 1.92 bits per heavy atom. The molecule has 26 heavy (non-hydrogen) atoms.